The third-order valence-corrected chi connectivity index (χ3v) is 13.6. The van der Waals surface area contributed by atoms with E-state index in [1.165, 1.54) is 218 Å². The third-order valence-electron chi connectivity index (χ3n) is 13.6. The first-order valence-electron chi connectivity index (χ1n) is 30.5. The van der Waals surface area contributed by atoms with Crippen LogP contribution in [0.15, 0.2) is 36.5 Å². The minimum atomic E-state index is -0.776. The van der Waals surface area contributed by atoms with Crippen molar-refractivity contribution < 1.29 is 28.6 Å². The standard InChI is InChI=1S/C63H116O6/c1-4-7-10-13-16-19-22-25-28-31-33-35-38-41-44-47-50-53-56-62(65)68-59-60(58-67-61(64)55-52-49-46-43-40-37-34-30-27-24-21-18-15-12-9-6-3)69-63(66)57-54-51-48-45-42-39-36-32-29-26-23-20-17-14-11-8-5-2/h17,20,26,28-29,31,60H,4-16,18-19,21-25,27,30,32-59H2,1-3H3/b20-17-,29-26-,31-28-. The number of carbonyl (C=O) groups is 3. The Labute approximate surface area is 429 Å². The van der Waals surface area contributed by atoms with Gasteiger partial charge in [0.1, 0.15) is 13.2 Å². The molecule has 0 aromatic heterocycles. The Morgan fingerprint density at radius 3 is 0.841 bits per heavy atom. The third kappa shape index (κ3) is 56.4. The Morgan fingerprint density at radius 2 is 0.522 bits per heavy atom. The van der Waals surface area contributed by atoms with Gasteiger partial charge in [-0.15, -0.1) is 0 Å². The fourth-order valence-electron chi connectivity index (χ4n) is 9.00. The highest BCUT2D eigenvalue weighted by atomic mass is 16.6. The number of carbonyl (C=O) groups excluding carboxylic acids is 3. The summed E-state index contributed by atoms with van der Waals surface area (Å²) in [5.74, 6) is -0.864. The fraction of sp³-hybridized carbons (Fsp3) is 0.857. The van der Waals surface area contributed by atoms with Crippen LogP contribution < -0.4 is 0 Å². The number of hydrogen-bond acceptors (Lipinski definition) is 6. The van der Waals surface area contributed by atoms with Crippen molar-refractivity contribution >= 4 is 17.9 Å². The van der Waals surface area contributed by atoms with Gasteiger partial charge in [-0.25, -0.2) is 0 Å². The lowest BCUT2D eigenvalue weighted by Gasteiger charge is -2.18. The average molecular weight is 970 g/mol. The fourth-order valence-corrected chi connectivity index (χ4v) is 9.00. The number of rotatable bonds is 56. The highest BCUT2D eigenvalue weighted by Gasteiger charge is 2.19. The molecule has 0 N–H and O–H groups in total. The smallest absolute Gasteiger partial charge is 0.306 e. The molecule has 6 nitrogen and oxygen atoms in total. The number of ether oxygens (including phenoxy) is 3. The average Bonchev–Trinajstić information content (AvgIpc) is 3.35. The highest BCUT2D eigenvalue weighted by Crippen LogP contribution is 2.17. The van der Waals surface area contributed by atoms with Crippen molar-refractivity contribution in [1.29, 1.82) is 0 Å². The van der Waals surface area contributed by atoms with Crippen LogP contribution in [0.3, 0.4) is 0 Å². The number of unbranched alkanes of at least 4 members (excludes halogenated alkanes) is 39. The molecule has 1 atom stereocenters. The topological polar surface area (TPSA) is 78.9 Å². The molecule has 0 radical (unpaired) electrons. The highest BCUT2D eigenvalue weighted by molar-refractivity contribution is 5.71. The van der Waals surface area contributed by atoms with Crippen molar-refractivity contribution in [2.24, 2.45) is 0 Å². The van der Waals surface area contributed by atoms with Crippen molar-refractivity contribution in [3.05, 3.63) is 36.5 Å². The summed E-state index contributed by atoms with van der Waals surface area (Å²) in [7, 11) is 0. The van der Waals surface area contributed by atoms with E-state index in [-0.39, 0.29) is 31.1 Å². The maximum atomic E-state index is 12.9. The lowest BCUT2D eigenvalue weighted by atomic mass is 10.0. The van der Waals surface area contributed by atoms with Gasteiger partial charge in [0.15, 0.2) is 6.10 Å². The van der Waals surface area contributed by atoms with Crippen molar-refractivity contribution in [2.75, 3.05) is 13.2 Å². The van der Waals surface area contributed by atoms with E-state index in [2.05, 4.69) is 57.2 Å². The van der Waals surface area contributed by atoms with Crippen LogP contribution >= 0.6 is 0 Å². The largest absolute Gasteiger partial charge is 0.462 e. The first kappa shape index (κ1) is 66.6. The zero-order chi connectivity index (χ0) is 50.0. The summed E-state index contributed by atoms with van der Waals surface area (Å²) < 4.78 is 16.9. The van der Waals surface area contributed by atoms with Gasteiger partial charge in [0.25, 0.3) is 0 Å². The molecular formula is C63H116O6. The van der Waals surface area contributed by atoms with Crippen LogP contribution in [0.1, 0.15) is 329 Å². The molecule has 0 aliphatic rings. The monoisotopic (exact) mass is 969 g/mol. The summed E-state index contributed by atoms with van der Waals surface area (Å²) in [5, 5.41) is 0. The predicted octanol–water partition coefficient (Wildman–Crippen LogP) is 20.4. The van der Waals surface area contributed by atoms with Gasteiger partial charge < -0.3 is 14.2 Å². The van der Waals surface area contributed by atoms with E-state index in [9.17, 15) is 14.4 Å². The van der Waals surface area contributed by atoms with Crippen molar-refractivity contribution in [3.63, 3.8) is 0 Å². The molecule has 0 bridgehead atoms. The van der Waals surface area contributed by atoms with Crippen LogP contribution in [0.4, 0.5) is 0 Å². The molecule has 0 aromatic rings. The molecule has 0 fully saturated rings. The van der Waals surface area contributed by atoms with Crippen LogP contribution in [-0.2, 0) is 28.6 Å². The molecule has 0 heterocycles. The summed E-state index contributed by atoms with van der Waals surface area (Å²) in [6, 6.07) is 0. The van der Waals surface area contributed by atoms with E-state index < -0.39 is 6.10 Å². The number of hydrogen-bond donors (Lipinski definition) is 0. The van der Waals surface area contributed by atoms with E-state index in [4.69, 9.17) is 14.2 Å². The molecular weight excluding hydrogens is 853 g/mol. The van der Waals surface area contributed by atoms with Crippen LogP contribution in [0.2, 0.25) is 0 Å². The zero-order valence-electron chi connectivity index (χ0n) is 46.3. The van der Waals surface area contributed by atoms with E-state index >= 15 is 0 Å². The van der Waals surface area contributed by atoms with Gasteiger partial charge in [0, 0.05) is 19.3 Å². The minimum absolute atomic E-state index is 0.0728. The molecule has 0 rings (SSSR count). The molecule has 0 aliphatic heterocycles. The minimum Gasteiger partial charge on any atom is -0.462 e. The molecule has 0 spiro atoms. The number of esters is 3. The van der Waals surface area contributed by atoms with Crippen molar-refractivity contribution in [2.45, 2.75) is 335 Å². The molecule has 0 saturated heterocycles. The Morgan fingerprint density at radius 1 is 0.290 bits per heavy atom. The van der Waals surface area contributed by atoms with Crippen LogP contribution in [0, 0.1) is 0 Å². The van der Waals surface area contributed by atoms with Gasteiger partial charge in [-0.05, 0) is 77.0 Å². The molecule has 0 saturated carbocycles. The van der Waals surface area contributed by atoms with E-state index in [0.717, 1.165) is 70.6 Å². The molecule has 6 heteroatoms. The van der Waals surface area contributed by atoms with Crippen LogP contribution in [0.5, 0.6) is 0 Å². The summed E-state index contributed by atoms with van der Waals surface area (Å²) in [5.41, 5.74) is 0. The zero-order valence-corrected chi connectivity index (χ0v) is 46.3. The van der Waals surface area contributed by atoms with Gasteiger partial charge in [-0.1, -0.05) is 269 Å². The second-order valence-corrected chi connectivity index (χ2v) is 20.6. The normalized spacial score (nSPS) is 12.2. The molecule has 404 valence electrons. The van der Waals surface area contributed by atoms with Crippen molar-refractivity contribution in [3.8, 4) is 0 Å². The molecule has 0 aliphatic carbocycles. The Balaban J connectivity index is 4.35. The summed E-state index contributed by atoms with van der Waals surface area (Å²) in [6.45, 7) is 6.65. The predicted molar refractivity (Wildman–Crippen MR) is 298 cm³/mol. The summed E-state index contributed by atoms with van der Waals surface area (Å²) in [6.07, 6.45) is 69.9. The van der Waals surface area contributed by atoms with Gasteiger partial charge in [-0.2, -0.15) is 0 Å². The van der Waals surface area contributed by atoms with Crippen LogP contribution in [0.25, 0.3) is 0 Å². The molecule has 1 unspecified atom stereocenters. The lowest BCUT2D eigenvalue weighted by Crippen LogP contribution is -2.30. The molecule has 0 amide bonds. The van der Waals surface area contributed by atoms with Gasteiger partial charge in [0.05, 0.1) is 0 Å². The van der Waals surface area contributed by atoms with Gasteiger partial charge >= 0.3 is 17.9 Å². The first-order valence-corrected chi connectivity index (χ1v) is 30.5. The van der Waals surface area contributed by atoms with Crippen LogP contribution in [-0.4, -0.2) is 37.2 Å². The first-order chi connectivity index (χ1) is 34.0. The maximum Gasteiger partial charge on any atom is 0.306 e. The Hall–Kier alpha value is -2.37. The summed E-state index contributed by atoms with van der Waals surface area (Å²) >= 11 is 0. The Bertz CT molecular complexity index is 1160. The van der Waals surface area contributed by atoms with Gasteiger partial charge in [-0.3, -0.25) is 14.4 Å². The maximum absolute atomic E-state index is 12.9. The molecule has 0 aromatic carbocycles. The second kappa shape index (κ2) is 58.2. The summed E-state index contributed by atoms with van der Waals surface area (Å²) in [4.78, 5) is 38.2. The lowest BCUT2D eigenvalue weighted by molar-refractivity contribution is -0.167. The van der Waals surface area contributed by atoms with Gasteiger partial charge in [0.2, 0.25) is 0 Å². The second-order valence-electron chi connectivity index (χ2n) is 20.6. The van der Waals surface area contributed by atoms with Crippen molar-refractivity contribution in [1.82, 2.24) is 0 Å². The molecule has 69 heavy (non-hydrogen) atoms. The van der Waals surface area contributed by atoms with E-state index in [0.29, 0.717) is 19.3 Å². The van der Waals surface area contributed by atoms with E-state index in [1.54, 1.807) is 0 Å². The Kier molecular flexibility index (Phi) is 56.2. The quantitative estimate of drug-likeness (QED) is 0.0261. The van der Waals surface area contributed by atoms with E-state index in [1.807, 2.05) is 0 Å². The number of allylic oxidation sites excluding steroid dienone is 6. The SMILES string of the molecule is CCCCC/C=C\C/C=C\CCCCCCCCCC(=O)OC(COC(=O)CCCCCCCCC/C=C\CCCCCCCCC)COC(=O)CCCCCCCCCCCCCCCCCC.